The second kappa shape index (κ2) is 9.83. The van der Waals surface area contributed by atoms with E-state index in [0.29, 0.717) is 12.1 Å². The molecule has 1 heterocycles. The van der Waals surface area contributed by atoms with Crippen molar-refractivity contribution in [2.75, 3.05) is 11.9 Å². The van der Waals surface area contributed by atoms with Gasteiger partial charge in [0.2, 0.25) is 9.84 Å². The standard InChI is InChI=1S/C29H21NO6S/c31-27(30-24-12-6-4-10-20(24)16-19-8-2-1-3-9-19)18-36-29(33)21-14-15-23-26(17-21)37(34,35)25-13-7-5-11-22(25)28(23)32/h1-15,17H,16,18H2,(H,30,31). The third kappa shape index (κ3) is 4.79. The minimum Gasteiger partial charge on any atom is -0.452 e. The zero-order chi connectivity index (χ0) is 26.0. The normalized spacial score (nSPS) is 13.2. The van der Waals surface area contributed by atoms with Crippen LogP contribution >= 0.6 is 0 Å². The Bertz CT molecular complexity index is 1640. The average molecular weight is 512 g/mol. The van der Waals surface area contributed by atoms with Crippen LogP contribution in [0.5, 0.6) is 0 Å². The van der Waals surface area contributed by atoms with E-state index in [-0.39, 0.29) is 26.5 Å². The summed E-state index contributed by atoms with van der Waals surface area (Å²) in [6.45, 7) is -0.565. The lowest BCUT2D eigenvalue weighted by atomic mass is 10.0. The maximum absolute atomic E-state index is 13.1. The van der Waals surface area contributed by atoms with Crippen molar-refractivity contribution in [3.8, 4) is 0 Å². The highest BCUT2D eigenvalue weighted by Gasteiger charge is 2.35. The van der Waals surface area contributed by atoms with Crippen molar-refractivity contribution in [3.05, 3.63) is 125 Å². The molecule has 0 radical (unpaired) electrons. The monoisotopic (exact) mass is 511 g/mol. The summed E-state index contributed by atoms with van der Waals surface area (Å²) in [6, 6.07) is 26.8. The molecule has 0 atom stereocenters. The molecule has 1 aliphatic heterocycles. The van der Waals surface area contributed by atoms with Crippen molar-refractivity contribution in [2.24, 2.45) is 0 Å². The van der Waals surface area contributed by atoms with Gasteiger partial charge in [0.25, 0.3) is 5.91 Å². The van der Waals surface area contributed by atoms with Crippen molar-refractivity contribution >= 4 is 33.2 Å². The van der Waals surface area contributed by atoms with E-state index in [0.717, 1.165) is 17.2 Å². The Morgan fingerprint density at radius 3 is 2.24 bits per heavy atom. The highest BCUT2D eigenvalue weighted by Crippen LogP contribution is 2.34. The molecule has 184 valence electrons. The Morgan fingerprint density at radius 1 is 0.757 bits per heavy atom. The number of nitrogens with one attached hydrogen (secondary N) is 1. The highest BCUT2D eigenvalue weighted by atomic mass is 32.2. The lowest BCUT2D eigenvalue weighted by Crippen LogP contribution is -2.23. The summed E-state index contributed by atoms with van der Waals surface area (Å²) in [5.74, 6) is -1.85. The Balaban J connectivity index is 1.28. The molecule has 37 heavy (non-hydrogen) atoms. The van der Waals surface area contributed by atoms with Crippen LogP contribution in [0.25, 0.3) is 0 Å². The number of ether oxygens (including phenoxy) is 1. The van der Waals surface area contributed by atoms with Crippen LogP contribution in [0.3, 0.4) is 0 Å². The third-order valence-corrected chi connectivity index (χ3v) is 7.89. The Hall–Kier alpha value is -4.56. The van der Waals surface area contributed by atoms with E-state index in [9.17, 15) is 22.8 Å². The first-order valence-corrected chi connectivity index (χ1v) is 12.9. The first-order chi connectivity index (χ1) is 17.8. The molecule has 1 amide bonds. The molecule has 0 aromatic heterocycles. The fourth-order valence-electron chi connectivity index (χ4n) is 4.22. The zero-order valence-electron chi connectivity index (χ0n) is 19.5. The van der Waals surface area contributed by atoms with Gasteiger partial charge >= 0.3 is 5.97 Å². The molecule has 4 aromatic carbocycles. The van der Waals surface area contributed by atoms with E-state index in [2.05, 4.69) is 5.32 Å². The van der Waals surface area contributed by atoms with Gasteiger partial charge in [-0.1, -0.05) is 60.7 Å². The van der Waals surface area contributed by atoms with Crippen molar-refractivity contribution in [3.63, 3.8) is 0 Å². The molecule has 7 nitrogen and oxygen atoms in total. The van der Waals surface area contributed by atoms with E-state index in [1.165, 1.54) is 30.3 Å². The molecule has 0 spiro atoms. The summed E-state index contributed by atoms with van der Waals surface area (Å²) >= 11 is 0. The molecule has 1 N–H and O–H groups in total. The molecule has 0 saturated carbocycles. The SMILES string of the molecule is O=C(COC(=O)c1ccc2c(c1)S(=O)(=O)c1ccccc1C2=O)Nc1ccccc1Cc1ccccc1. The first-order valence-electron chi connectivity index (χ1n) is 11.5. The van der Waals surface area contributed by atoms with Gasteiger partial charge in [-0.3, -0.25) is 9.59 Å². The fraction of sp³-hybridized carbons (Fsp3) is 0.0690. The number of hydrogen-bond donors (Lipinski definition) is 1. The van der Waals surface area contributed by atoms with Crippen LogP contribution in [0.1, 0.15) is 37.4 Å². The smallest absolute Gasteiger partial charge is 0.338 e. The predicted octanol–water partition coefficient (Wildman–Crippen LogP) is 4.45. The molecule has 8 heteroatoms. The topological polar surface area (TPSA) is 107 Å². The Morgan fingerprint density at radius 2 is 1.43 bits per heavy atom. The maximum atomic E-state index is 13.1. The Labute approximate surface area is 213 Å². The number of amides is 1. The molecular weight excluding hydrogens is 490 g/mol. The molecule has 0 unspecified atom stereocenters. The molecule has 0 bridgehead atoms. The summed E-state index contributed by atoms with van der Waals surface area (Å²) in [6.07, 6.45) is 0.614. The minimum absolute atomic E-state index is 0.0111. The van der Waals surface area contributed by atoms with Gasteiger partial charge in [0.05, 0.1) is 15.4 Å². The number of carbonyl (C=O) groups is 3. The minimum atomic E-state index is -4.00. The molecular formula is C29H21NO6S. The van der Waals surface area contributed by atoms with Crippen molar-refractivity contribution in [1.29, 1.82) is 0 Å². The number of benzene rings is 4. The number of sulfone groups is 1. The number of fused-ring (bicyclic) bond motifs is 2. The molecule has 0 saturated heterocycles. The number of anilines is 1. The van der Waals surface area contributed by atoms with Crippen LogP contribution in [0.4, 0.5) is 5.69 Å². The highest BCUT2D eigenvalue weighted by molar-refractivity contribution is 7.91. The lowest BCUT2D eigenvalue weighted by Gasteiger charge is -2.19. The second-order valence-corrected chi connectivity index (χ2v) is 10.4. The molecule has 5 rings (SSSR count). The summed E-state index contributed by atoms with van der Waals surface area (Å²) in [5.41, 5.74) is 2.59. The molecule has 1 aliphatic rings. The summed E-state index contributed by atoms with van der Waals surface area (Å²) in [5, 5.41) is 2.76. The van der Waals surface area contributed by atoms with Crippen LogP contribution in [-0.2, 0) is 25.8 Å². The number of para-hydroxylation sites is 1. The van der Waals surface area contributed by atoms with Gasteiger partial charge < -0.3 is 10.1 Å². The van der Waals surface area contributed by atoms with Crippen molar-refractivity contribution < 1.29 is 27.5 Å². The van der Waals surface area contributed by atoms with E-state index in [1.807, 2.05) is 42.5 Å². The summed E-state index contributed by atoms with van der Waals surface area (Å²) in [7, 11) is -4.00. The number of ketones is 1. The van der Waals surface area contributed by atoms with Gasteiger partial charge in [-0.2, -0.15) is 0 Å². The number of hydrogen-bond acceptors (Lipinski definition) is 6. The van der Waals surface area contributed by atoms with Gasteiger partial charge in [-0.05, 0) is 53.9 Å². The van der Waals surface area contributed by atoms with Gasteiger partial charge in [-0.15, -0.1) is 0 Å². The lowest BCUT2D eigenvalue weighted by molar-refractivity contribution is -0.119. The van der Waals surface area contributed by atoms with Crippen LogP contribution in [0.15, 0.2) is 107 Å². The van der Waals surface area contributed by atoms with Gasteiger partial charge in [0, 0.05) is 16.8 Å². The van der Waals surface area contributed by atoms with E-state index >= 15 is 0 Å². The van der Waals surface area contributed by atoms with Crippen molar-refractivity contribution in [2.45, 2.75) is 16.2 Å². The van der Waals surface area contributed by atoms with Gasteiger partial charge in [0.15, 0.2) is 12.4 Å². The predicted molar refractivity (Wildman–Crippen MR) is 136 cm³/mol. The third-order valence-electron chi connectivity index (χ3n) is 6.04. The first kappa shape index (κ1) is 24.1. The second-order valence-electron chi connectivity index (χ2n) is 8.48. The summed E-state index contributed by atoms with van der Waals surface area (Å²) in [4.78, 5) is 37.6. The van der Waals surface area contributed by atoms with Crippen LogP contribution in [0, 0.1) is 0 Å². The van der Waals surface area contributed by atoms with Crippen LogP contribution < -0.4 is 5.32 Å². The van der Waals surface area contributed by atoms with Crippen molar-refractivity contribution in [1.82, 2.24) is 0 Å². The number of rotatable bonds is 6. The van der Waals surface area contributed by atoms with Gasteiger partial charge in [0.1, 0.15) is 0 Å². The largest absolute Gasteiger partial charge is 0.452 e. The number of carbonyl (C=O) groups excluding carboxylic acids is 3. The van der Waals surface area contributed by atoms with E-state index in [4.69, 9.17) is 4.74 Å². The van der Waals surface area contributed by atoms with Crippen LogP contribution in [-0.4, -0.2) is 32.7 Å². The summed E-state index contributed by atoms with van der Waals surface area (Å²) < 4.78 is 31.3. The molecule has 0 fully saturated rings. The Kier molecular flexibility index (Phi) is 6.42. The maximum Gasteiger partial charge on any atom is 0.338 e. The zero-order valence-corrected chi connectivity index (χ0v) is 20.3. The van der Waals surface area contributed by atoms with Gasteiger partial charge in [-0.25, -0.2) is 13.2 Å². The average Bonchev–Trinajstić information content (AvgIpc) is 2.92. The quantitative estimate of drug-likeness (QED) is 0.338. The number of esters is 1. The fourth-order valence-corrected chi connectivity index (χ4v) is 5.90. The van der Waals surface area contributed by atoms with E-state index < -0.39 is 34.1 Å². The van der Waals surface area contributed by atoms with Crippen LogP contribution in [0.2, 0.25) is 0 Å². The van der Waals surface area contributed by atoms with E-state index in [1.54, 1.807) is 18.2 Å². The molecule has 4 aromatic rings. The molecule has 0 aliphatic carbocycles.